The molecule has 1 amide bonds. The second-order valence-corrected chi connectivity index (χ2v) is 5.91. The topological polar surface area (TPSA) is 29.1 Å². The van der Waals surface area contributed by atoms with Crippen molar-refractivity contribution in [3.63, 3.8) is 0 Å². The van der Waals surface area contributed by atoms with E-state index in [9.17, 15) is 4.79 Å². The summed E-state index contributed by atoms with van der Waals surface area (Å²) in [6.45, 7) is 2.74. The first kappa shape index (κ1) is 15.8. The van der Waals surface area contributed by atoms with Crippen molar-refractivity contribution in [3.05, 3.63) is 33.3 Å². The van der Waals surface area contributed by atoms with E-state index in [0.717, 1.165) is 17.3 Å². The molecule has 0 heterocycles. The smallest absolute Gasteiger partial charge is 0.252 e. The molecule has 0 aliphatic carbocycles. The molecule has 0 aromatic heterocycles. The fraction of sp³-hybridized carbons (Fsp3) is 0.462. The van der Waals surface area contributed by atoms with Gasteiger partial charge in [-0.05, 0) is 37.0 Å². The Kier molecular flexibility index (Phi) is 7.05. The fourth-order valence-corrected chi connectivity index (χ4v) is 2.41. The summed E-state index contributed by atoms with van der Waals surface area (Å²) in [5.74, 6) is 1.01. The van der Waals surface area contributed by atoms with Crippen LogP contribution in [0.3, 0.4) is 0 Å². The summed E-state index contributed by atoms with van der Waals surface area (Å²) in [6.07, 6.45) is 1.94. The van der Waals surface area contributed by atoms with Crippen LogP contribution < -0.4 is 5.32 Å². The van der Waals surface area contributed by atoms with Gasteiger partial charge in [0.15, 0.2) is 0 Å². The Labute approximate surface area is 126 Å². The number of rotatable bonds is 6. The van der Waals surface area contributed by atoms with Crippen LogP contribution in [0.15, 0.2) is 22.7 Å². The van der Waals surface area contributed by atoms with Gasteiger partial charge in [-0.2, -0.15) is 0 Å². The first-order valence-electron chi connectivity index (χ1n) is 5.83. The second kappa shape index (κ2) is 8.03. The minimum Gasteiger partial charge on any atom is -0.352 e. The number of nitrogens with one attached hydrogen (secondary N) is 1. The summed E-state index contributed by atoms with van der Waals surface area (Å²) in [7, 11) is 0. The minimum atomic E-state index is -0.133. The Morgan fingerprint density at radius 1 is 1.50 bits per heavy atom. The highest BCUT2D eigenvalue weighted by atomic mass is 79.9. The highest BCUT2D eigenvalue weighted by Crippen LogP contribution is 2.21. The van der Waals surface area contributed by atoms with E-state index < -0.39 is 0 Å². The lowest BCUT2D eigenvalue weighted by Crippen LogP contribution is -2.25. The minimum absolute atomic E-state index is 0.133. The average molecular weight is 353 g/mol. The SMILES string of the molecule is CC(CCl)CCCNC(=O)c1ccc(Br)cc1Cl. The van der Waals surface area contributed by atoms with Gasteiger partial charge in [0.05, 0.1) is 10.6 Å². The largest absolute Gasteiger partial charge is 0.352 e. The van der Waals surface area contributed by atoms with Crippen LogP contribution >= 0.6 is 39.1 Å². The number of hydrogen-bond donors (Lipinski definition) is 1. The van der Waals surface area contributed by atoms with Gasteiger partial charge >= 0.3 is 0 Å². The Balaban J connectivity index is 2.41. The van der Waals surface area contributed by atoms with E-state index in [1.54, 1.807) is 18.2 Å². The first-order chi connectivity index (χ1) is 8.54. The van der Waals surface area contributed by atoms with Crippen molar-refractivity contribution in [2.75, 3.05) is 12.4 Å². The molecule has 0 saturated heterocycles. The molecule has 0 spiro atoms. The summed E-state index contributed by atoms with van der Waals surface area (Å²) >= 11 is 15.0. The molecule has 0 bridgehead atoms. The van der Waals surface area contributed by atoms with Crippen molar-refractivity contribution in [3.8, 4) is 0 Å². The maximum Gasteiger partial charge on any atom is 0.252 e. The zero-order chi connectivity index (χ0) is 13.5. The highest BCUT2D eigenvalue weighted by Gasteiger charge is 2.10. The molecule has 0 radical (unpaired) electrons. The van der Waals surface area contributed by atoms with Crippen LogP contribution in [0.25, 0.3) is 0 Å². The maximum atomic E-state index is 11.9. The zero-order valence-corrected chi connectivity index (χ0v) is 13.3. The van der Waals surface area contributed by atoms with E-state index >= 15 is 0 Å². The number of carbonyl (C=O) groups is 1. The fourth-order valence-electron chi connectivity index (χ4n) is 1.50. The molecule has 0 saturated carbocycles. The molecule has 1 aromatic rings. The number of amides is 1. The van der Waals surface area contributed by atoms with Gasteiger partial charge in [0, 0.05) is 16.9 Å². The van der Waals surface area contributed by atoms with Crippen LogP contribution in [0.4, 0.5) is 0 Å². The average Bonchev–Trinajstić information content (AvgIpc) is 2.34. The van der Waals surface area contributed by atoms with E-state index in [1.165, 1.54) is 0 Å². The van der Waals surface area contributed by atoms with Gasteiger partial charge in [-0.25, -0.2) is 0 Å². The van der Waals surface area contributed by atoms with Gasteiger partial charge in [0.2, 0.25) is 0 Å². The van der Waals surface area contributed by atoms with Crippen LogP contribution in [0.1, 0.15) is 30.1 Å². The molecule has 0 aliphatic rings. The number of halogens is 3. The van der Waals surface area contributed by atoms with Gasteiger partial charge in [-0.3, -0.25) is 4.79 Å². The van der Waals surface area contributed by atoms with Crippen molar-refractivity contribution in [1.29, 1.82) is 0 Å². The molecule has 18 heavy (non-hydrogen) atoms. The van der Waals surface area contributed by atoms with Gasteiger partial charge in [0.25, 0.3) is 5.91 Å². The standard InChI is InChI=1S/C13H16BrCl2NO/c1-9(8-15)3-2-6-17-13(18)11-5-4-10(14)7-12(11)16/h4-5,7,9H,2-3,6,8H2,1H3,(H,17,18). The highest BCUT2D eigenvalue weighted by molar-refractivity contribution is 9.10. The van der Waals surface area contributed by atoms with Crippen LogP contribution in [-0.2, 0) is 0 Å². The molecule has 0 fully saturated rings. The summed E-state index contributed by atoms with van der Waals surface area (Å²) in [5.41, 5.74) is 0.505. The van der Waals surface area contributed by atoms with Gasteiger partial charge in [-0.15, -0.1) is 11.6 Å². The monoisotopic (exact) mass is 351 g/mol. The quantitative estimate of drug-likeness (QED) is 0.593. The summed E-state index contributed by atoms with van der Waals surface area (Å²) in [6, 6.07) is 5.23. The number of alkyl halides is 1. The number of hydrogen-bond acceptors (Lipinski definition) is 1. The molecule has 100 valence electrons. The molecule has 2 nitrogen and oxygen atoms in total. The van der Waals surface area contributed by atoms with Crippen molar-refractivity contribution in [2.45, 2.75) is 19.8 Å². The third-order valence-electron chi connectivity index (χ3n) is 2.60. The Hall–Kier alpha value is -0.250. The van der Waals surface area contributed by atoms with Crippen molar-refractivity contribution < 1.29 is 4.79 Å². The van der Waals surface area contributed by atoms with Crippen LogP contribution in [0, 0.1) is 5.92 Å². The maximum absolute atomic E-state index is 11.9. The Morgan fingerprint density at radius 3 is 2.83 bits per heavy atom. The predicted molar refractivity (Wildman–Crippen MR) is 80.6 cm³/mol. The van der Waals surface area contributed by atoms with E-state index in [-0.39, 0.29) is 5.91 Å². The second-order valence-electron chi connectivity index (χ2n) is 4.28. The van der Waals surface area contributed by atoms with Gasteiger partial charge < -0.3 is 5.32 Å². The van der Waals surface area contributed by atoms with Crippen molar-refractivity contribution in [2.24, 2.45) is 5.92 Å². The van der Waals surface area contributed by atoms with Gasteiger partial charge in [-0.1, -0.05) is 34.5 Å². The third kappa shape index (κ3) is 5.17. The van der Waals surface area contributed by atoms with E-state index in [1.807, 2.05) is 0 Å². The molecule has 1 aromatic carbocycles. The van der Waals surface area contributed by atoms with E-state index in [2.05, 4.69) is 28.2 Å². The van der Waals surface area contributed by atoms with E-state index in [0.29, 0.717) is 28.9 Å². The Morgan fingerprint density at radius 2 is 2.22 bits per heavy atom. The summed E-state index contributed by atoms with van der Waals surface area (Å²) in [5, 5.41) is 3.31. The molecule has 0 aliphatic heterocycles. The van der Waals surface area contributed by atoms with Crippen LogP contribution in [0.5, 0.6) is 0 Å². The molecular formula is C13H16BrCl2NO. The van der Waals surface area contributed by atoms with Crippen LogP contribution in [-0.4, -0.2) is 18.3 Å². The van der Waals surface area contributed by atoms with Crippen molar-refractivity contribution in [1.82, 2.24) is 5.32 Å². The molecule has 1 unspecified atom stereocenters. The predicted octanol–water partition coefficient (Wildman–Crippen LogP) is 4.49. The summed E-state index contributed by atoms with van der Waals surface area (Å²) in [4.78, 5) is 11.9. The lowest BCUT2D eigenvalue weighted by molar-refractivity contribution is 0.0952. The first-order valence-corrected chi connectivity index (χ1v) is 7.54. The molecule has 1 atom stereocenters. The molecule has 5 heteroatoms. The third-order valence-corrected chi connectivity index (χ3v) is 3.93. The molecule has 1 rings (SSSR count). The lowest BCUT2D eigenvalue weighted by Gasteiger charge is -2.09. The van der Waals surface area contributed by atoms with E-state index in [4.69, 9.17) is 23.2 Å². The van der Waals surface area contributed by atoms with Crippen LogP contribution in [0.2, 0.25) is 5.02 Å². The number of carbonyl (C=O) groups excluding carboxylic acids is 1. The van der Waals surface area contributed by atoms with Gasteiger partial charge in [0.1, 0.15) is 0 Å². The van der Waals surface area contributed by atoms with Crippen molar-refractivity contribution >= 4 is 45.0 Å². The number of benzene rings is 1. The zero-order valence-electron chi connectivity index (χ0n) is 10.2. The normalized spacial score (nSPS) is 12.2. The Bertz CT molecular complexity index is 412. The lowest BCUT2D eigenvalue weighted by atomic mass is 10.1. The molecular weight excluding hydrogens is 337 g/mol. The molecule has 1 N–H and O–H groups in total. The summed E-state index contributed by atoms with van der Waals surface area (Å²) < 4.78 is 0.861.